The van der Waals surface area contributed by atoms with E-state index in [4.69, 9.17) is 4.74 Å². The van der Waals surface area contributed by atoms with Crippen LogP contribution in [-0.2, 0) is 9.53 Å². The minimum atomic E-state index is -0.267. The first-order chi connectivity index (χ1) is 6.74. The number of hydrogen-bond acceptors (Lipinski definition) is 2. The number of hydrogen-bond donors (Lipinski definition) is 0. The topological polar surface area (TPSA) is 26.3 Å². The van der Waals surface area contributed by atoms with Gasteiger partial charge in [0.05, 0.1) is 0 Å². The van der Waals surface area contributed by atoms with Crippen molar-refractivity contribution in [2.75, 3.05) is 0 Å². The lowest BCUT2D eigenvalue weighted by molar-refractivity contribution is -0.144. The average molecular weight is 190 g/mol. The molecular formula is C12H14O2. The van der Waals surface area contributed by atoms with Crippen LogP contribution in [0.1, 0.15) is 25.5 Å². The molecule has 2 nitrogen and oxygen atoms in total. The zero-order chi connectivity index (χ0) is 10.4. The largest absolute Gasteiger partial charge is 0.453 e. The third-order valence-electron chi connectivity index (χ3n) is 1.79. The van der Waals surface area contributed by atoms with Gasteiger partial charge in [0.25, 0.3) is 0 Å². The molecule has 0 N–H and O–H groups in total. The second-order valence-corrected chi connectivity index (χ2v) is 2.97. The lowest BCUT2D eigenvalue weighted by Crippen LogP contribution is -2.05. The standard InChI is InChI=1S/C12H14O2/c1-3-7-12(14-10(2)13)11-8-5-4-6-9-11/h3-9,12H,1-2H3/b7-3+. The van der Waals surface area contributed by atoms with E-state index in [0.717, 1.165) is 5.56 Å². The lowest BCUT2D eigenvalue weighted by Gasteiger charge is -2.12. The number of rotatable bonds is 3. The van der Waals surface area contributed by atoms with E-state index in [2.05, 4.69) is 0 Å². The van der Waals surface area contributed by atoms with Crippen LogP contribution in [0, 0.1) is 0 Å². The summed E-state index contributed by atoms with van der Waals surface area (Å²) in [5.41, 5.74) is 0.987. The molecule has 0 amide bonds. The Kier molecular flexibility index (Phi) is 3.92. The summed E-state index contributed by atoms with van der Waals surface area (Å²) in [6.07, 6.45) is 3.47. The van der Waals surface area contributed by atoms with Crippen LogP contribution < -0.4 is 0 Å². The molecule has 0 aromatic heterocycles. The van der Waals surface area contributed by atoms with Crippen LogP contribution in [0.25, 0.3) is 0 Å². The van der Waals surface area contributed by atoms with Crippen molar-refractivity contribution in [3.8, 4) is 0 Å². The predicted octanol–water partition coefficient (Wildman–Crippen LogP) is 2.87. The van der Waals surface area contributed by atoms with Crippen molar-refractivity contribution in [2.24, 2.45) is 0 Å². The van der Waals surface area contributed by atoms with E-state index in [-0.39, 0.29) is 12.1 Å². The summed E-state index contributed by atoms with van der Waals surface area (Å²) in [5.74, 6) is -0.267. The molecule has 0 aliphatic carbocycles. The van der Waals surface area contributed by atoms with Crippen molar-refractivity contribution in [1.82, 2.24) is 0 Å². The predicted molar refractivity (Wildman–Crippen MR) is 55.8 cm³/mol. The van der Waals surface area contributed by atoms with E-state index < -0.39 is 0 Å². The molecule has 2 heteroatoms. The fraction of sp³-hybridized carbons (Fsp3) is 0.250. The Morgan fingerprint density at radius 2 is 2.00 bits per heavy atom. The van der Waals surface area contributed by atoms with Crippen molar-refractivity contribution in [3.05, 3.63) is 48.0 Å². The first-order valence-electron chi connectivity index (χ1n) is 4.59. The maximum Gasteiger partial charge on any atom is 0.303 e. The van der Waals surface area contributed by atoms with Gasteiger partial charge in [0.1, 0.15) is 6.10 Å². The highest BCUT2D eigenvalue weighted by Crippen LogP contribution is 2.18. The second-order valence-electron chi connectivity index (χ2n) is 2.97. The number of ether oxygens (including phenoxy) is 1. The van der Waals surface area contributed by atoms with Crippen molar-refractivity contribution in [2.45, 2.75) is 20.0 Å². The molecule has 0 bridgehead atoms. The first kappa shape index (κ1) is 10.5. The SMILES string of the molecule is C/C=C/C(OC(C)=O)c1ccccc1. The summed E-state index contributed by atoms with van der Waals surface area (Å²) in [5, 5.41) is 0. The highest BCUT2D eigenvalue weighted by molar-refractivity contribution is 5.66. The number of allylic oxidation sites excluding steroid dienone is 1. The van der Waals surface area contributed by atoms with Crippen LogP contribution in [0.3, 0.4) is 0 Å². The number of benzene rings is 1. The summed E-state index contributed by atoms with van der Waals surface area (Å²) in [6.45, 7) is 3.32. The monoisotopic (exact) mass is 190 g/mol. The van der Waals surface area contributed by atoms with Crippen LogP contribution >= 0.6 is 0 Å². The molecular weight excluding hydrogens is 176 g/mol. The Morgan fingerprint density at radius 1 is 1.36 bits per heavy atom. The van der Waals surface area contributed by atoms with Gasteiger partial charge < -0.3 is 4.74 Å². The summed E-state index contributed by atoms with van der Waals surface area (Å²) >= 11 is 0. The minimum Gasteiger partial charge on any atom is -0.453 e. The fourth-order valence-electron chi connectivity index (χ4n) is 1.21. The number of carbonyl (C=O) groups excluding carboxylic acids is 1. The molecule has 0 saturated carbocycles. The van der Waals surface area contributed by atoms with E-state index in [1.54, 1.807) is 0 Å². The van der Waals surface area contributed by atoms with Crippen molar-refractivity contribution >= 4 is 5.97 Å². The zero-order valence-corrected chi connectivity index (χ0v) is 8.44. The van der Waals surface area contributed by atoms with Crippen LogP contribution in [0.15, 0.2) is 42.5 Å². The molecule has 0 spiro atoms. The average Bonchev–Trinajstić information content (AvgIpc) is 2.18. The Morgan fingerprint density at radius 3 is 2.50 bits per heavy atom. The van der Waals surface area contributed by atoms with E-state index >= 15 is 0 Å². The Labute approximate surface area is 84.2 Å². The maximum absolute atomic E-state index is 10.8. The summed E-state index contributed by atoms with van der Waals surface area (Å²) in [6, 6.07) is 9.66. The van der Waals surface area contributed by atoms with Gasteiger partial charge in [0.2, 0.25) is 0 Å². The van der Waals surface area contributed by atoms with E-state index in [0.29, 0.717) is 0 Å². The smallest absolute Gasteiger partial charge is 0.303 e. The van der Waals surface area contributed by atoms with Crippen LogP contribution in [0.5, 0.6) is 0 Å². The molecule has 0 heterocycles. The Hall–Kier alpha value is -1.57. The summed E-state index contributed by atoms with van der Waals surface area (Å²) in [4.78, 5) is 10.8. The van der Waals surface area contributed by atoms with Gasteiger partial charge in [-0.2, -0.15) is 0 Å². The zero-order valence-electron chi connectivity index (χ0n) is 8.44. The van der Waals surface area contributed by atoms with Crippen molar-refractivity contribution < 1.29 is 9.53 Å². The normalized spacial score (nSPS) is 12.7. The minimum absolute atomic E-state index is 0.265. The summed E-state index contributed by atoms with van der Waals surface area (Å²) < 4.78 is 5.15. The molecule has 0 saturated heterocycles. The maximum atomic E-state index is 10.8. The molecule has 74 valence electrons. The van der Waals surface area contributed by atoms with E-state index in [9.17, 15) is 4.79 Å². The van der Waals surface area contributed by atoms with Crippen LogP contribution in [0.4, 0.5) is 0 Å². The van der Waals surface area contributed by atoms with Gasteiger partial charge in [0, 0.05) is 6.92 Å². The van der Waals surface area contributed by atoms with Gasteiger partial charge in [-0.25, -0.2) is 0 Å². The first-order valence-corrected chi connectivity index (χ1v) is 4.59. The third-order valence-corrected chi connectivity index (χ3v) is 1.79. The van der Waals surface area contributed by atoms with Crippen LogP contribution in [-0.4, -0.2) is 5.97 Å². The number of carbonyl (C=O) groups is 1. The highest BCUT2D eigenvalue weighted by Gasteiger charge is 2.09. The van der Waals surface area contributed by atoms with Crippen molar-refractivity contribution in [1.29, 1.82) is 0 Å². The van der Waals surface area contributed by atoms with Gasteiger partial charge in [-0.05, 0) is 18.6 Å². The van der Waals surface area contributed by atoms with Crippen LogP contribution in [0.2, 0.25) is 0 Å². The third kappa shape index (κ3) is 3.05. The van der Waals surface area contributed by atoms with Gasteiger partial charge in [-0.1, -0.05) is 36.4 Å². The molecule has 1 unspecified atom stereocenters. The quantitative estimate of drug-likeness (QED) is 0.541. The van der Waals surface area contributed by atoms with Crippen molar-refractivity contribution in [3.63, 3.8) is 0 Å². The van der Waals surface area contributed by atoms with Gasteiger partial charge in [-0.15, -0.1) is 0 Å². The molecule has 0 fully saturated rings. The molecule has 0 aliphatic heterocycles. The number of esters is 1. The molecule has 14 heavy (non-hydrogen) atoms. The Balaban J connectivity index is 2.83. The lowest BCUT2D eigenvalue weighted by atomic mass is 10.1. The molecule has 1 aromatic carbocycles. The van der Waals surface area contributed by atoms with Gasteiger partial charge >= 0.3 is 5.97 Å². The highest BCUT2D eigenvalue weighted by atomic mass is 16.5. The van der Waals surface area contributed by atoms with Gasteiger partial charge in [0.15, 0.2) is 0 Å². The molecule has 1 aromatic rings. The molecule has 0 aliphatic rings. The molecule has 1 rings (SSSR count). The van der Waals surface area contributed by atoms with E-state index in [1.807, 2.05) is 49.4 Å². The summed E-state index contributed by atoms with van der Waals surface area (Å²) in [7, 11) is 0. The Bertz CT molecular complexity index is 314. The van der Waals surface area contributed by atoms with E-state index in [1.165, 1.54) is 6.92 Å². The fourth-order valence-corrected chi connectivity index (χ4v) is 1.21. The molecule has 1 atom stereocenters. The second kappa shape index (κ2) is 5.22. The van der Waals surface area contributed by atoms with Gasteiger partial charge in [-0.3, -0.25) is 4.79 Å². The molecule has 0 radical (unpaired) electrons.